The molecule has 0 bridgehead atoms. The van der Waals surface area contributed by atoms with E-state index in [0.717, 1.165) is 18.5 Å². The summed E-state index contributed by atoms with van der Waals surface area (Å²) >= 11 is 8.35. The van der Waals surface area contributed by atoms with E-state index in [0.29, 0.717) is 12.3 Å². The highest BCUT2D eigenvalue weighted by atomic mass is 79.9. The van der Waals surface area contributed by atoms with Gasteiger partial charge in [-0.05, 0) is 44.8 Å². The molecular weight excluding hydrogens is 346 g/mol. The number of ether oxygens (including phenoxy) is 1. The summed E-state index contributed by atoms with van der Waals surface area (Å²) in [7, 11) is 0. The Morgan fingerprint density at radius 1 is 1.60 bits per heavy atom. The smallest absolute Gasteiger partial charge is 0.355 e. The predicted octanol–water partition coefficient (Wildman–Crippen LogP) is 3.93. The first-order valence-electron chi connectivity index (χ1n) is 4.27. The van der Waals surface area contributed by atoms with Gasteiger partial charge in [0.25, 0.3) is 0 Å². The molecule has 0 aliphatic carbocycles. The van der Waals surface area contributed by atoms with Gasteiger partial charge in [-0.3, -0.25) is 0 Å². The van der Waals surface area contributed by atoms with Crippen LogP contribution in [-0.2, 0) is 4.74 Å². The lowest BCUT2D eigenvalue weighted by molar-refractivity contribution is 0.0519. The van der Waals surface area contributed by atoms with Crippen LogP contribution in [-0.4, -0.2) is 17.6 Å². The number of nitrogens with one attached hydrogen (secondary N) is 1. The molecular formula is C9H7Br2NO2S. The molecule has 3 nitrogen and oxygen atoms in total. The van der Waals surface area contributed by atoms with E-state index in [9.17, 15) is 4.79 Å². The molecule has 0 amide bonds. The van der Waals surface area contributed by atoms with E-state index < -0.39 is 0 Å². The van der Waals surface area contributed by atoms with Crippen LogP contribution >= 0.6 is 43.2 Å². The number of esters is 1. The van der Waals surface area contributed by atoms with Crippen LogP contribution in [0.3, 0.4) is 0 Å². The summed E-state index contributed by atoms with van der Waals surface area (Å²) in [6, 6.07) is 1.94. The molecule has 2 aromatic rings. The number of carbonyl (C=O) groups excluding carboxylic acids is 1. The molecule has 0 spiro atoms. The van der Waals surface area contributed by atoms with Crippen LogP contribution in [0.4, 0.5) is 0 Å². The molecule has 0 aromatic carbocycles. The Kier molecular flexibility index (Phi) is 3.18. The first kappa shape index (κ1) is 11.2. The molecule has 0 aliphatic rings. The van der Waals surface area contributed by atoms with Crippen molar-refractivity contribution in [3.63, 3.8) is 0 Å². The zero-order chi connectivity index (χ0) is 11.0. The van der Waals surface area contributed by atoms with Gasteiger partial charge in [0.1, 0.15) is 5.69 Å². The summed E-state index contributed by atoms with van der Waals surface area (Å²) in [5, 5.41) is 0. The Labute approximate surface area is 107 Å². The van der Waals surface area contributed by atoms with Gasteiger partial charge in [-0.1, -0.05) is 0 Å². The number of hydrogen-bond acceptors (Lipinski definition) is 3. The third kappa shape index (κ3) is 1.98. The molecule has 2 rings (SSSR count). The SMILES string of the molecule is CCOC(=O)c1[nH]c2cc(Br)sc2c1Br. The zero-order valence-electron chi connectivity index (χ0n) is 7.77. The molecule has 6 heteroatoms. The third-order valence-corrected chi connectivity index (χ3v) is 4.57. The lowest BCUT2D eigenvalue weighted by Gasteiger charge is -1.98. The van der Waals surface area contributed by atoms with Gasteiger partial charge in [-0.25, -0.2) is 4.79 Å². The number of H-pyrrole nitrogens is 1. The second kappa shape index (κ2) is 4.27. The summed E-state index contributed by atoms with van der Waals surface area (Å²) in [5.74, 6) is -0.330. The summed E-state index contributed by atoms with van der Waals surface area (Å²) in [6.45, 7) is 2.16. The first-order valence-corrected chi connectivity index (χ1v) is 6.67. The zero-order valence-corrected chi connectivity index (χ0v) is 11.8. The Morgan fingerprint density at radius 2 is 2.33 bits per heavy atom. The van der Waals surface area contributed by atoms with Crippen LogP contribution in [0.25, 0.3) is 10.2 Å². The van der Waals surface area contributed by atoms with E-state index in [2.05, 4.69) is 36.8 Å². The van der Waals surface area contributed by atoms with Gasteiger partial charge in [-0.2, -0.15) is 0 Å². The van der Waals surface area contributed by atoms with Crippen LogP contribution in [0.5, 0.6) is 0 Å². The number of fused-ring (bicyclic) bond motifs is 1. The van der Waals surface area contributed by atoms with Gasteiger partial charge in [-0.15, -0.1) is 11.3 Å². The van der Waals surface area contributed by atoms with Crippen molar-refractivity contribution in [2.24, 2.45) is 0 Å². The molecule has 1 N–H and O–H groups in total. The Hall–Kier alpha value is -0.330. The maximum atomic E-state index is 11.5. The first-order chi connectivity index (χ1) is 7.13. The maximum Gasteiger partial charge on any atom is 0.355 e. The van der Waals surface area contributed by atoms with Crippen molar-refractivity contribution < 1.29 is 9.53 Å². The van der Waals surface area contributed by atoms with Crippen LogP contribution in [0.1, 0.15) is 17.4 Å². The molecule has 0 fully saturated rings. The minimum atomic E-state index is -0.330. The maximum absolute atomic E-state index is 11.5. The van der Waals surface area contributed by atoms with Gasteiger partial charge in [0.05, 0.1) is 25.1 Å². The predicted molar refractivity (Wildman–Crippen MR) is 67.5 cm³/mol. The van der Waals surface area contributed by atoms with Gasteiger partial charge in [0.15, 0.2) is 0 Å². The fourth-order valence-electron chi connectivity index (χ4n) is 1.26. The number of aromatic amines is 1. The van der Waals surface area contributed by atoms with Crippen molar-refractivity contribution in [2.75, 3.05) is 6.61 Å². The molecule has 0 saturated heterocycles. The number of thiophene rings is 1. The van der Waals surface area contributed by atoms with E-state index in [4.69, 9.17) is 4.74 Å². The largest absolute Gasteiger partial charge is 0.461 e. The minimum absolute atomic E-state index is 0.330. The fraction of sp³-hybridized carbons (Fsp3) is 0.222. The normalized spacial score (nSPS) is 10.9. The molecule has 0 saturated carbocycles. The molecule has 0 aliphatic heterocycles. The average Bonchev–Trinajstić information content (AvgIpc) is 2.66. The van der Waals surface area contributed by atoms with Gasteiger partial charge >= 0.3 is 5.97 Å². The minimum Gasteiger partial charge on any atom is -0.461 e. The molecule has 0 unspecified atom stereocenters. The molecule has 0 atom stereocenters. The van der Waals surface area contributed by atoms with Crippen molar-refractivity contribution in [3.8, 4) is 0 Å². The van der Waals surface area contributed by atoms with Gasteiger partial charge < -0.3 is 9.72 Å². The molecule has 15 heavy (non-hydrogen) atoms. The number of aromatic nitrogens is 1. The number of rotatable bonds is 2. The molecule has 0 radical (unpaired) electrons. The highest BCUT2D eigenvalue weighted by molar-refractivity contribution is 9.11. The van der Waals surface area contributed by atoms with Crippen molar-refractivity contribution in [2.45, 2.75) is 6.92 Å². The van der Waals surface area contributed by atoms with E-state index >= 15 is 0 Å². The van der Waals surface area contributed by atoms with E-state index in [-0.39, 0.29) is 5.97 Å². The highest BCUT2D eigenvalue weighted by Gasteiger charge is 2.18. The summed E-state index contributed by atoms with van der Waals surface area (Å²) in [6.07, 6.45) is 0. The summed E-state index contributed by atoms with van der Waals surface area (Å²) < 4.78 is 7.75. The monoisotopic (exact) mass is 351 g/mol. The average molecular weight is 353 g/mol. The number of carbonyl (C=O) groups is 1. The Bertz CT molecular complexity index is 517. The highest BCUT2D eigenvalue weighted by Crippen LogP contribution is 2.37. The van der Waals surface area contributed by atoms with Crippen molar-refractivity contribution in [1.29, 1.82) is 0 Å². The van der Waals surface area contributed by atoms with Crippen LogP contribution in [0.15, 0.2) is 14.3 Å². The molecule has 80 valence electrons. The molecule has 2 heterocycles. The standard InChI is InChI=1S/C9H7Br2NO2S/c1-2-14-9(13)7-6(11)8-4(12-7)3-5(10)15-8/h3,12H,2H2,1H3. The van der Waals surface area contributed by atoms with E-state index in [1.54, 1.807) is 18.3 Å². The lowest BCUT2D eigenvalue weighted by Crippen LogP contribution is -2.05. The summed E-state index contributed by atoms with van der Waals surface area (Å²) in [5.41, 5.74) is 1.41. The Morgan fingerprint density at radius 3 is 2.93 bits per heavy atom. The van der Waals surface area contributed by atoms with Gasteiger partial charge in [0, 0.05) is 0 Å². The Balaban J connectivity index is 2.49. The fourth-order valence-corrected chi connectivity index (χ4v) is 3.48. The van der Waals surface area contributed by atoms with Crippen molar-refractivity contribution in [1.82, 2.24) is 4.98 Å². The number of halogens is 2. The second-order valence-electron chi connectivity index (χ2n) is 2.83. The number of hydrogen-bond donors (Lipinski definition) is 1. The quantitative estimate of drug-likeness (QED) is 0.832. The lowest BCUT2D eigenvalue weighted by atomic mass is 10.4. The molecule has 2 aromatic heterocycles. The van der Waals surface area contributed by atoms with Crippen LogP contribution < -0.4 is 0 Å². The summed E-state index contributed by atoms with van der Waals surface area (Å²) in [4.78, 5) is 14.6. The van der Waals surface area contributed by atoms with Gasteiger partial charge in [0.2, 0.25) is 0 Å². The van der Waals surface area contributed by atoms with E-state index in [1.165, 1.54) is 0 Å². The second-order valence-corrected chi connectivity index (χ2v) is 6.05. The topological polar surface area (TPSA) is 42.1 Å². The van der Waals surface area contributed by atoms with Crippen molar-refractivity contribution >= 4 is 59.4 Å². The third-order valence-electron chi connectivity index (χ3n) is 1.86. The van der Waals surface area contributed by atoms with Crippen LogP contribution in [0, 0.1) is 0 Å². The van der Waals surface area contributed by atoms with E-state index in [1.807, 2.05) is 6.07 Å². The van der Waals surface area contributed by atoms with Crippen LogP contribution in [0.2, 0.25) is 0 Å². The van der Waals surface area contributed by atoms with Crippen molar-refractivity contribution in [3.05, 3.63) is 20.0 Å².